The molecular weight excluding hydrogens is 431 g/mol. The lowest BCUT2D eigenvalue weighted by Gasteiger charge is -2.09. The van der Waals surface area contributed by atoms with E-state index in [1.54, 1.807) is 25.6 Å². The van der Waals surface area contributed by atoms with Gasteiger partial charge in [-0.3, -0.25) is 4.68 Å². The highest BCUT2D eigenvalue weighted by atomic mass is 19.1. The number of benzene rings is 1. The quantitative estimate of drug-likeness (QED) is 0.380. The third kappa shape index (κ3) is 4.37. The van der Waals surface area contributed by atoms with E-state index in [9.17, 15) is 4.39 Å². The topological polar surface area (TPSA) is 70.7 Å². The first-order valence-corrected chi connectivity index (χ1v) is 11.6. The van der Waals surface area contributed by atoms with Crippen molar-refractivity contribution in [2.24, 2.45) is 5.92 Å². The van der Waals surface area contributed by atoms with Gasteiger partial charge in [-0.05, 0) is 69.4 Å². The van der Waals surface area contributed by atoms with Gasteiger partial charge in [0, 0.05) is 48.7 Å². The SMILES string of the molecule is COCc1c(C)nn(-c2cc(Cc3c(C)c(-c4ccc(F)cc4)nn3CC3CC3)ncn2)c1C. The van der Waals surface area contributed by atoms with Crippen molar-refractivity contribution in [3.63, 3.8) is 0 Å². The number of halogens is 1. The van der Waals surface area contributed by atoms with Crippen molar-refractivity contribution in [2.75, 3.05) is 7.11 Å². The summed E-state index contributed by atoms with van der Waals surface area (Å²) >= 11 is 0. The standard InChI is InChI=1S/C26H29FN6O/c1-16-24(32(13-19-5-6-19)31-26(16)20-7-9-21(27)10-8-20)11-22-12-25(29-15-28-22)33-18(3)23(14-34-4)17(2)30-33/h7-10,12,15,19H,5-6,11,13-14H2,1-4H3. The minimum Gasteiger partial charge on any atom is -0.380 e. The van der Waals surface area contributed by atoms with Crippen LogP contribution in [0.15, 0.2) is 36.7 Å². The Morgan fingerprint density at radius 1 is 1.06 bits per heavy atom. The Kier molecular flexibility index (Phi) is 6.00. The van der Waals surface area contributed by atoms with Gasteiger partial charge in [0.05, 0.1) is 23.7 Å². The average Bonchev–Trinajstić information content (AvgIpc) is 3.55. The minimum absolute atomic E-state index is 0.245. The second-order valence-corrected chi connectivity index (χ2v) is 9.09. The molecular formula is C26H29FN6O. The molecule has 1 aromatic carbocycles. The van der Waals surface area contributed by atoms with Gasteiger partial charge in [0.2, 0.25) is 0 Å². The molecule has 0 bridgehead atoms. The van der Waals surface area contributed by atoms with Crippen LogP contribution >= 0.6 is 0 Å². The van der Waals surface area contributed by atoms with Crippen LogP contribution in [-0.4, -0.2) is 36.6 Å². The number of ether oxygens (including phenoxy) is 1. The maximum atomic E-state index is 13.5. The van der Waals surface area contributed by atoms with E-state index in [1.165, 1.54) is 25.0 Å². The Morgan fingerprint density at radius 3 is 2.53 bits per heavy atom. The summed E-state index contributed by atoms with van der Waals surface area (Å²) in [6.07, 6.45) is 4.70. The molecule has 0 amide bonds. The zero-order chi connectivity index (χ0) is 23.8. The van der Waals surface area contributed by atoms with E-state index in [2.05, 4.69) is 26.7 Å². The normalized spacial score (nSPS) is 13.6. The van der Waals surface area contributed by atoms with Crippen LogP contribution in [-0.2, 0) is 24.3 Å². The van der Waals surface area contributed by atoms with Crippen LogP contribution in [0.5, 0.6) is 0 Å². The monoisotopic (exact) mass is 460 g/mol. The number of hydrogen-bond donors (Lipinski definition) is 0. The van der Waals surface area contributed by atoms with E-state index >= 15 is 0 Å². The molecule has 1 fully saturated rings. The molecule has 176 valence electrons. The summed E-state index contributed by atoms with van der Waals surface area (Å²) < 4.78 is 22.8. The average molecular weight is 461 g/mol. The van der Waals surface area contributed by atoms with Crippen LogP contribution < -0.4 is 0 Å². The summed E-state index contributed by atoms with van der Waals surface area (Å²) in [7, 11) is 1.69. The Morgan fingerprint density at radius 2 is 1.82 bits per heavy atom. The summed E-state index contributed by atoms with van der Waals surface area (Å²) in [6.45, 7) is 7.51. The Bertz CT molecular complexity index is 1320. The largest absolute Gasteiger partial charge is 0.380 e. The summed E-state index contributed by atoms with van der Waals surface area (Å²) in [5.41, 5.74) is 7.96. The molecule has 0 N–H and O–H groups in total. The lowest BCUT2D eigenvalue weighted by Crippen LogP contribution is -2.10. The Hall–Kier alpha value is -3.39. The molecule has 4 aromatic rings. The highest BCUT2D eigenvalue weighted by molar-refractivity contribution is 5.64. The molecule has 0 unspecified atom stereocenters. The van der Waals surface area contributed by atoms with Crippen molar-refractivity contribution in [1.29, 1.82) is 0 Å². The fourth-order valence-electron chi connectivity index (χ4n) is 4.41. The van der Waals surface area contributed by atoms with Gasteiger partial charge < -0.3 is 4.74 Å². The minimum atomic E-state index is -0.245. The summed E-state index contributed by atoms with van der Waals surface area (Å²) in [4.78, 5) is 9.04. The Balaban J connectivity index is 1.50. The predicted octanol–water partition coefficient (Wildman–Crippen LogP) is 4.74. The lowest BCUT2D eigenvalue weighted by atomic mass is 10.0. The van der Waals surface area contributed by atoms with E-state index in [0.717, 1.165) is 57.5 Å². The van der Waals surface area contributed by atoms with Crippen molar-refractivity contribution in [1.82, 2.24) is 29.5 Å². The number of aromatic nitrogens is 6. The van der Waals surface area contributed by atoms with Crippen molar-refractivity contribution < 1.29 is 9.13 Å². The molecule has 3 aromatic heterocycles. The predicted molar refractivity (Wildman–Crippen MR) is 127 cm³/mol. The molecule has 1 saturated carbocycles. The Labute approximate surface area is 198 Å². The maximum Gasteiger partial charge on any atom is 0.157 e. The van der Waals surface area contributed by atoms with E-state index in [0.29, 0.717) is 18.9 Å². The van der Waals surface area contributed by atoms with Gasteiger partial charge in [0.15, 0.2) is 5.82 Å². The number of nitrogens with zero attached hydrogens (tertiary/aromatic N) is 6. The first kappa shape index (κ1) is 22.4. The van der Waals surface area contributed by atoms with Gasteiger partial charge in [-0.15, -0.1) is 0 Å². The molecule has 3 heterocycles. The molecule has 0 saturated heterocycles. The molecule has 0 aliphatic heterocycles. The zero-order valence-corrected chi connectivity index (χ0v) is 20.0. The first-order valence-electron chi connectivity index (χ1n) is 11.6. The van der Waals surface area contributed by atoms with Crippen LogP contribution in [0, 0.1) is 32.5 Å². The van der Waals surface area contributed by atoms with Gasteiger partial charge in [-0.25, -0.2) is 19.0 Å². The van der Waals surface area contributed by atoms with Crippen LogP contribution in [0.1, 0.15) is 46.7 Å². The van der Waals surface area contributed by atoms with Gasteiger partial charge >= 0.3 is 0 Å². The highest BCUT2D eigenvalue weighted by Crippen LogP contribution is 2.33. The van der Waals surface area contributed by atoms with Crippen molar-refractivity contribution >= 4 is 0 Å². The number of methoxy groups -OCH3 is 1. The second-order valence-electron chi connectivity index (χ2n) is 9.09. The van der Waals surface area contributed by atoms with Gasteiger partial charge in [-0.2, -0.15) is 10.2 Å². The van der Waals surface area contributed by atoms with Gasteiger partial charge in [0.1, 0.15) is 12.1 Å². The van der Waals surface area contributed by atoms with Gasteiger partial charge in [0.25, 0.3) is 0 Å². The zero-order valence-electron chi connectivity index (χ0n) is 20.0. The van der Waals surface area contributed by atoms with Crippen LogP contribution in [0.2, 0.25) is 0 Å². The number of hydrogen-bond acceptors (Lipinski definition) is 5. The third-order valence-corrected chi connectivity index (χ3v) is 6.57. The van der Waals surface area contributed by atoms with E-state index in [1.807, 2.05) is 24.6 Å². The van der Waals surface area contributed by atoms with Crippen molar-refractivity contribution in [2.45, 2.75) is 53.2 Å². The molecule has 34 heavy (non-hydrogen) atoms. The molecule has 0 spiro atoms. The van der Waals surface area contributed by atoms with Crippen LogP contribution in [0.25, 0.3) is 17.1 Å². The fraction of sp³-hybridized carbons (Fsp3) is 0.385. The van der Waals surface area contributed by atoms with Crippen molar-refractivity contribution in [3.05, 3.63) is 76.4 Å². The summed E-state index contributed by atoms with van der Waals surface area (Å²) in [5.74, 6) is 1.16. The molecule has 0 atom stereocenters. The molecule has 0 radical (unpaired) electrons. The second kappa shape index (κ2) is 9.10. The summed E-state index contributed by atoms with van der Waals surface area (Å²) in [6, 6.07) is 8.54. The van der Waals surface area contributed by atoms with Crippen LogP contribution in [0.4, 0.5) is 4.39 Å². The number of rotatable bonds is 8. The van der Waals surface area contributed by atoms with E-state index in [-0.39, 0.29) is 5.82 Å². The number of aryl methyl sites for hydroxylation is 1. The third-order valence-electron chi connectivity index (χ3n) is 6.57. The van der Waals surface area contributed by atoms with E-state index < -0.39 is 0 Å². The molecule has 8 heteroatoms. The summed E-state index contributed by atoms with van der Waals surface area (Å²) in [5, 5.41) is 9.61. The van der Waals surface area contributed by atoms with Crippen LogP contribution in [0.3, 0.4) is 0 Å². The molecule has 7 nitrogen and oxygen atoms in total. The smallest absolute Gasteiger partial charge is 0.157 e. The highest BCUT2D eigenvalue weighted by Gasteiger charge is 2.25. The fourth-order valence-corrected chi connectivity index (χ4v) is 4.41. The maximum absolute atomic E-state index is 13.5. The van der Waals surface area contributed by atoms with Crippen molar-refractivity contribution in [3.8, 4) is 17.1 Å². The molecule has 1 aliphatic rings. The molecule has 5 rings (SSSR count). The first-order chi connectivity index (χ1) is 16.4. The lowest BCUT2D eigenvalue weighted by molar-refractivity contribution is 0.184. The van der Waals surface area contributed by atoms with E-state index in [4.69, 9.17) is 9.84 Å². The van der Waals surface area contributed by atoms with Gasteiger partial charge in [-0.1, -0.05) is 0 Å². The molecule has 1 aliphatic carbocycles.